The summed E-state index contributed by atoms with van der Waals surface area (Å²) in [5.41, 5.74) is 1.49. The van der Waals surface area contributed by atoms with Crippen molar-refractivity contribution in [3.05, 3.63) is 167 Å². The fourth-order valence-corrected chi connectivity index (χ4v) is 8.83. The highest BCUT2D eigenvalue weighted by atomic mass is 79.9. The van der Waals surface area contributed by atoms with E-state index in [1.54, 1.807) is 48.3 Å². The van der Waals surface area contributed by atoms with Gasteiger partial charge in [-0.15, -0.1) is 13.2 Å². The van der Waals surface area contributed by atoms with E-state index in [9.17, 15) is 8.42 Å². The first-order valence-corrected chi connectivity index (χ1v) is 20.4. The van der Waals surface area contributed by atoms with Gasteiger partial charge in [0, 0.05) is 40.9 Å². The van der Waals surface area contributed by atoms with E-state index in [0.717, 1.165) is 25.6 Å². The molecule has 0 saturated heterocycles. The third-order valence-electron chi connectivity index (χ3n) is 10.3. The van der Waals surface area contributed by atoms with Crippen LogP contribution in [0.1, 0.15) is 56.1 Å². The Bertz CT molecular complexity index is 2760. The zero-order chi connectivity index (χ0) is 40.7. The van der Waals surface area contributed by atoms with Gasteiger partial charge in [0.2, 0.25) is 0 Å². The van der Waals surface area contributed by atoms with Crippen LogP contribution < -0.4 is 4.74 Å². The van der Waals surface area contributed by atoms with E-state index >= 15 is 8.78 Å². The molecule has 0 aliphatic rings. The molecule has 0 radical (unpaired) electrons. The molecule has 3 aromatic heterocycles. The van der Waals surface area contributed by atoms with Gasteiger partial charge in [0.25, 0.3) is 10.0 Å². The number of fused-ring (bicyclic) bond motifs is 1. The Kier molecular flexibility index (Phi) is 10.7. The Labute approximate surface area is 339 Å². The van der Waals surface area contributed by atoms with E-state index in [2.05, 4.69) is 48.0 Å². The first kappa shape index (κ1) is 39.6. The fourth-order valence-electron chi connectivity index (χ4n) is 7.07. The summed E-state index contributed by atoms with van der Waals surface area (Å²) in [7, 11) is -2.40. The second-order valence-electron chi connectivity index (χ2n) is 14.8. The van der Waals surface area contributed by atoms with Crippen molar-refractivity contribution in [3.8, 4) is 22.9 Å². The minimum Gasteiger partial charge on any atom is -0.454 e. The largest absolute Gasteiger partial charge is 0.454 e. The molecule has 9 nitrogen and oxygen atoms in total. The molecule has 1 atom stereocenters. The number of halogens is 3. The van der Waals surface area contributed by atoms with E-state index in [-0.39, 0.29) is 45.3 Å². The number of hydrogen-bond acceptors (Lipinski definition) is 6. The van der Waals surface area contributed by atoms with Crippen LogP contribution in [0.15, 0.2) is 138 Å². The van der Waals surface area contributed by atoms with Crippen molar-refractivity contribution in [1.29, 1.82) is 0 Å². The lowest BCUT2D eigenvalue weighted by Crippen LogP contribution is -2.25. The quantitative estimate of drug-likeness (QED) is 0.101. The second-order valence-corrected chi connectivity index (χ2v) is 17.5. The monoisotopic (exact) mass is 850 g/mol. The van der Waals surface area contributed by atoms with Crippen LogP contribution in [0.2, 0.25) is 0 Å². The lowest BCUT2D eigenvalue weighted by atomic mass is 9.79. The van der Waals surface area contributed by atoms with Crippen LogP contribution in [-0.4, -0.2) is 36.9 Å². The number of nitrogens with zero attached hydrogens (tertiary/aromatic N) is 6. The molecule has 13 heteroatoms. The fraction of sp³-hybridized carbons (Fsp3) is 0.205. The minimum atomic E-state index is -4.09. The lowest BCUT2D eigenvalue weighted by Gasteiger charge is -2.26. The van der Waals surface area contributed by atoms with E-state index in [0.29, 0.717) is 29.6 Å². The third kappa shape index (κ3) is 7.49. The summed E-state index contributed by atoms with van der Waals surface area (Å²) < 4.78 is 71.4. The smallest absolute Gasteiger partial charge is 0.268 e. The van der Waals surface area contributed by atoms with Crippen molar-refractivity contribution in [2.24, 2.45) is 7.05 Å². The predicted octanol–water partition coefficient (Wildman–Crippen LogP) is 10.5. The molecule has 292 valence electrons. The number of allylic oxidation sites excluding steroid dienone is 2. The van der Waals surface area contributed by atoms with Crippen LogP contribution in [0.4, 0.5) is 8.78 Å². The van der Waals surface area contributed by atoms with E-state index in [1.165, 1.54) is 41.2 Å². The molecule has 1 unspecified atom stereocenters. The standard InChI is InChI=1S/C44H41BrF2N6O3S/c1-7-20-43(3,4)30-26-48-52(27-30)28-36-34-19-22-53(57(54,55)33-15-10-9-11-16-33)39(34)25-38(47)40(36)56-32-17-18-37(46)35(24-32)41-49-42(50-51(41)6)44(5,21-8-2)29-13-12-14-31(45)23-29/h7-19,22-27H,1-2,20-21,28H2,3-6H3. The number of aryl methyl sites for hydroxylation is 1. The number of aromatic nitrogens is 6. The van der Waals surface area contributed by atoms with Gasteiger partial charge < -0.3 is 4.74 Å². The molecule has 0 saturated carbocycles. The minimum absolute atomic E-state index is 0.0291. The summed E-state index contributed by atoms with van der Waals surface area (Å²) in [6.45, 7) is 14.0. The van der Waals surface area contributed by atoms with Crippen LogP contribution >= 0.6 is 15.9 Å². The van der Waals surface area contributed by atoms with Gasteiger partial charge in [-0.2, -0.15) is 10.2 Å². The maximum absolute atomic E-state index is 16.6. The van der Waals surface area contributed by atoms with Crippen molar-refractivity contribution in [2.45, 2.75) is 55.9 Å². The summed E-state index contributed by atoms with van der Waals surface area (Å²) in [5, 5.41) is 9.75. The Balaban J connectivity index is 1.33. The number of ether oxygens (including phenoxy) is 1. The molecule has 7 rings (SSSR count). The molecule has 0 aliphatic heterocycles. The zero-order valence-electron chi connectivity index (χ0n) is 32.0. The summed E-state index contributed by atoms with van der Waals surface area (Å²) in [4.78, 5) is 4.90. The number of rotatable bonds is 14. The highest BCUT2D eigenvalue weighted by molar-refractivity contribution is 9.10. The Hall–Kier alpha value is -5.66. The van der Waals surface area contributed by atoms with Crippen molar-refractivity contribution in [1.82, 2.24) is 28.5 Å². The van der Waals surface area contributed by atoms with Crippen molar-refractivity contribution in [3.63, 3.8) is 0 Å². The van der Waals surface area contributed by atoms with Gasteiger partial charge >= 0.3 is 0 Å². The van der Waals surface area contributed by atoms with Gasteiger partial charge in [0.05, 0.1) is 34.1 Å². The maximum atomic E-state index is 16.6. The summed E-state index contributed by atoms with van der Waals surface area (Å²) in [5.74, 6) is -0.731. The van der Waals surface area contributed by atoms with Crippen LogP contribution in [0.3, 0.4) is 0 Å². The molecule has 3 heterocycles. The van der Waals surface area contributed by atoms with Crippen LogP contribution in [0.25, 0.3) is 22.3 Å². The van der Waals surface area contributed by atoms with Gasteiger partial charge in [-0.3, -0.25) is 4.68 Å². The Morgan fingerprint density at radius 2 is 1.65 bits per heavy atom. The molecule has 4 aromatic carbocycles. The lowest BCUT2D eigenvalue weighted by molar-refractivity contribution is 0.434. The summed E-state index contributed by atoms with van der Waals surface area (Å²) in [6, 6.07) is 22.6. The van der Waals surface area contributed by atoms with Crippen LogP contribution in [0.5, 0.6) is 11.5 Å². The van der Waals surface area contributed by atoms with Gasteiger partial charge in [-0.05, 0) is 84.8 Å². The second kappa shape index (κ2) is 15.4. The predicted molar refractivity (Wildman–Crippen MR) is 222 cm³/mol. The van der Waals surface area contributed by atoms with Gasteiger partial charge in [-0.1, -0.05) is 72.3 Å². The summed E-state index contributed by atoms with van der Waals surface area (Å²) in [6.07, 6.45) is 9.89. The molecule has 0 bridgehead atoms. The first-order valence-electron chi connectivity index (χ1n) is 18.2. The average Bonchev–Trinajstić information content (AvgIpc) is 3.93. The van der Waals surface area contributed by atoms with Gasteiger partial charge in [0.15, 0.2) is 23.2 Å². The van der Waals surface area contributed by atoms with E-state index in [1.807, 2.05) is 43.5 Å². The normalized spacial score (nSPS) is 13.1. The zero-order valence-corrected chi connectivity index (χ0v) is 34.4. The molecule has 57 heavy (non-hydrogen) atoms. The van der Waals surface area contributed by atoms with Crippen molar-refractivity contribution >= 4 is 36.9 Å². The highest BCUT2D eigenvalue weighted by Crippen LogP contribution is 2.40. The number of benzene rings is 4. The van der Waals surface area contributed by atoms with Crippen LogP contribution in [0, 0.1) is 11.6 Å². The average molecular weight is 852 g/mol. The van der Waals surface area contributed by atoms with Crippen LogP contribution in [-0.2, 0) is 34.4 Å². The Morgan fingerprint density at radius 3 is 2.37 bits per heavy atom. The molecule has 0 spiro atoms. The molecule has 0 fully saturated rings. The number of hydrogen-bond donors (Lipinski definition) is 0. The third-order valence-corrected chi connectivity index (χ3v) is 12.5. The summed E-state index contributed by atoms with van der Waals surface area (Å²) >= 11 is 3.56. The van der Waals surface area contributed by atoms with Crippen molar-refractivity contribution in [2.75, 3.05) is 0 Å². The molecule has 0 aliphatic carbocycles. The SMILES string of the molecule is C=CCC(C)(C)c1cnn(Cc2c(Oc3ccc(F)c(-c4nc(C(C)(CC=C)c5cccc(Br)c5)nn4C)c3)c(F)cc3c2ccn3S(=O)(=O)c2ccccc2)c1. The molecule has 0 N–H and O–H groups in total. The van der Waals surface area contributed by atoms with Crippen molar-refractivity contribution < 1.29 is 21.9 Å². The maximum Gasteiger partial charge on any atom is 0.268 e. The molecular formula is C44H41BrF2N6O3S. The van der Waals surface area contributed by atoms with E-state index in [4.69, 9.17) is 14.8 Å². The topological polar surface area (TPSA) is 96.8 Å². The van der Waals surface area contributed by atoms with E-state index < -0.39 is 27.1 Å². The molecular weight excluding hydrogens is 810 g/mol. The molecule has 7 aromatic rings. The highest BCUT2D eigenvalue weighted by Gasteiger charge is 2.34. The first-order chi connectivity index (χ1) is 27.2. The Morgan fingerprint density at radius 1 is 0.895 bits per heavy atom. The molecule has 0 amide bonds. The van der Waals surface area contributed by atoms with Gasteiger partial charge in [-0.25, -0.2) is 30.8 Å². The van der Waals surface area contributed by atoms with Gasteiger partial charge in [0.1, 0.15) is 11.6 Å².